The van der Waals surface area contributed by atoms with Gasteiger partial charge in [0.1, 0.15) is 17.3 Å². The number of rotatable bonds is 5. The Labute approximate surface area is 238 Å². The number of nitrogens with one attached hydrogen (secondary N) is 2. The molecular weight excluding hydrogens is 589 g/mol. The molecule has 0 bridgehead atoms. The molecular formula is C28H21F7N4O4. The Kier molecular flexibility index (Phi) is 7.14. The van der Waals surface area contributed by atoms with E-state index in [1.54, 1.807) is 36.9 Å². The van der Waals surface area contributed by atoms with Crippen molar-refractivity contribution in [2.24, 2.45) is 0 Å². The third-order valence-electron chi connectivity index (χ3n) is 6.57. The van der Waals surface area contributed by atoms with Gasteiger partial charge < -0.3 is 29.9 Å². The Morgan fingerprint density at radius 2 is 1.70 bits per heavy atom. The average molecular weight is 610 g/mol. The number of ether oxygens (including phenoxy) is 1. The number of halogens is 7. The Morgan fingerprint density at radius 3 is 2.33 bits per heavy atom. The second kappa shape index (κ2) is 10.4. The number of carbonyl (C=O) groups is 1. The Hall–Kier alpha value is -4.95. The van der Waals surface area contributed by atoms with Crippen molar-refractivity contribution in [2.45, 2.75) is 31.8 Å². The fourth-order valence-electron chi connectivity index (χ4n) is 4.92. The van der Waals surface area contributed by atoms with E-state index in [-0.39, 0.29) is 34.7 Å². The number of urea groups is 1. The van der Waals surface area contributed by atoms with Gasteiger partial charge in [-0.3, -0.25) is 0 Å². The van der Waals surface area contributed by atoms with Crippen LogP contribution in [0.15, 0.2) is 65.2 Å². The third-order valence-corrected chi connectivity index (χ3v) is 6.57. The van der Waals surface area contributed by atoms with Gasteiger partial charge in [-0.1, -0.05) is 31.1 Å². The summed E-state index contributed by atoms with van der Waals surface area (Å²) in [6, 6.07) is 11.4. The molecule has 1 aliphatic rings. The zero-order valence-corrected chi connectivity index (χ0v) is 22.2. The molecule has 0 fully saturated rings. The van der Waals surface area contributed by atoms with Crippen molar-refractivity contribution in [2.75, 3.05) is 22.1 Å². The van der Waals surface area contributed by atoms with Crippen molar-refractivity contribution in [3.63, 3.8) is 0 Å². The van der Waals surface area contributed by atoms with Crippen molar-refractivity contribution in [3.8, 4) is 22.8 Å². The monoisotopic (exact) mass is 610 g/mol. The molecule has 3 N–H and O–H groups in total. The topological polar surface area (TPSA) is 99.9 Å². The molecule has 1 aliphatic heterocycles. The highest BCUT2D eigenvalue weighted by atomic mass is 19.4. The van der Waals surface area contributed by atoms with E-state index in [0.29, 0.717) is 11.8 Å². The minimum absolute atomic E-state index is 0.0845. The molecule has 0 saturated heterocycles. The van der Waals surface area contributed by atoms with Crippen LogP contribution >= 0.6 is 0 Å². The lowest BCUT2D eigenvalue weighted by molar-refractivity contribution is -0.274. The largest absolute Gasteiger partial charge is 0.573 e. The van der Waals surface area contributed by atoms with Crippen LogP contribution in [-0.4, -0.2) is 29.2 Å². The zero-order chi connectivity index (χ0) is 31.3. The zero-order valence-electron chi connectivity index (χ0n) is 22.2. The van der Waals surface area contributed by atoms with E-state index < -0.39 is 52.8 Å². The maximum atomic E-state index is 15.3. The van der Waals surface area contributed by atoms with Crippen molar-refractivity contribution in [1.82, 2.24) is 5.16 Å². The highest BCUT2D eigenvalue weighted by Crippen LogP contribution is 2.54. The molecule has 0 saturated carbocycles. The number of carbonyl (C=O) groups excluding carboxylic acids is 1. The van der Waals surface area contributed by atoms with E-state index in [1.807, 2.05) is 0 Å². The van der Waals surface area contributed by atoms with Gasteiger partial charge in [0.25, 0.3) is 0 Å². The van der Waals surface area contributed by atoms with E-state index in [2.05, 4.69) is 20.5 Å². The minimum atomic E-state index is -4.87. The van der Waals surface area contributed by atoms with Gasteiger partial charge in [0, 0.05) is 35.3 Å². The molecule has 43 heavy (non-hydrogen) atoms. The van der Waals surface area contributed by atoms with Gasteiger partial charge >= 0.3 is 18.6 Å². The fraction of sp³-hybridized carbons (Fsp3) is 0.214. The van der Waals surface area contributed by atoms with Gasteiger partial charge in [-0.2, -0.15) is 13.2 Å². The molecule has 5 rings (SSSR count). The summed E-state index contributed by atoms with van der Waals surface area (Å²) in [5.74, 6) is -2.48. The highest BCUT2D eigenvalue weighted by molar-refractivity contribution is 6.03. The van der Waals surface area contributed by atoms with Crippen molar-refractivity contribution >= 4 is 28.8 Å². The number of nitrogens with zero attached hydrogens (tertiary/aromatic N) is 2. The van der Waals surface area contributed by atoms with Crippen LogP contribution in [0.5, 0.6) is 11.5 Å². The smallest absolute Gasteiger partial charge is 0.506 e. The van der Waals surface area contributed by atoms with E-state index in [0.717, 1.165) is 18.2 Å². The lowest BCUT2D eigenvalue weighted by Crippen LogP contribution is -2.27. The number of phenols is 1. The second-order valence-electron chi connectivity index (χ2n) is 10.2. The third kappa shape index (κ3) is 6.01. The summed E-state index contributed by atoms with van der Waals surface area (Å²) in [5, 5.41) is 19.0. The summed E-state index contributed by atoms with van der Waals surface area (Å²) in [7, 11) is 0. The summed E-state index contributed by atoms with van der Waals surface area (Å²) in [6.07, 6.45) is -9.70. The molecule has 0 radical (unpaired) electrons. The van der Waals surface area contributed by atoms with Gasteiger partial charge in [-0.25, -0.2) is 9.18 Å². The van der Waals surface area contributed by atoms with Gasteiger partial charge in [-0.05, 0) is 36.4 Å². The molecule has 4 aromatic rings. The van der Waals surface area contributed by atoms with E-state index in [1.165, 1.54) is 18.2 Å². The molecule has 3 aromatic carbocycles. The van der Waals surface area contributed by atoms with Crippen LogP contribution in [0, 0.1) is 5.82 Å². The van der Waals surface area contributed by atoms with E-state index >= 15 is 4.39 Å². The first-order chi connectivity index (χ1) is 20.0. The number of fused-ring (bicyclic) bond motifs is 1. The Bertz CT molecular complexity index is 1680. The standard InChI is InChI=1S/C28H21F7N4O4/c1-26(2)13-39(24-19(40)11-16(29)22(23(24)26)20-12-21(38-43-20)27(30,31)32)18-6-4-3-5-17(18)37-25(41)36-14-7-9-15(10-8-14)42-28(33,34)35/h3-12,40H,13H2,1-2H3,(H2,36,37,41). The number of anilines is 4. The number of phenolic OH excluding ortho intramolecular Hbond substituents is 1. The van der Waals surface area contributed by atoms with Crippen LogP contribution < -0.4 is 20.3 Å². The average Bonchev–Trinajstić information content (AvgIpc) is 3.48. The van der Waals surface area contributed by atoms with E-state index in [4.69, 9.17) is 4.52 Å². The molecule has 226 valence electrons. The molecule has 15 heteroatoms. The summed E-state index contributed by atoms with van der Waals surface area (Å²) < 4.78 is 101. The predicted molar refractivity (Wildman–Crippen MR) is 141 cm³/mol. The quantitative estimate of drug-likeness (QED) is 0.197. The van der Waals surface area contributed by atoms with Crippen LogP contribution in [0.25, 0.3) is 11.3 Å². The Balaban J connectivity index is 1.47. The summed E-state index contributed by atoms with van der Waals surface area (Å²) in [5.41, 5.74) is -1.63. The summed E-state index contributed by atoms with van der Waals surface area (Å²) >= 11 is 0. The van der Waals surface area contributed by atoms with Gasteiger partial charge in [-0.15, -0.1) is 13.2 Å². The number of para-hydroxylation sites is 2. The summed E-state index contributed by atoms with van der Waals surface area (Å²) in [4.78, 5) is 14.4. The molecule has 2 amide bonds. The Morgan fingerprint density at radius 1 is 1.02 bits per heavy atom. The number of amides is 2. The first-order valence-corrected chi connectivity index (χ1v) is 12.4. The van der Waals surface area contributed by atoms with Crippen LogP contribution in [0.4, 0.5) is 58.3 Å². The lowest BCUT2D eigenvalue weighted by Gasteiger charge is -2.25. The van der Waals surface area contributed by atoms with Crippen molar-refractivity contribution in [3.05, 3.63) is 77.7 Å². The molecule has 8 nitrogen and oxygen atoms in total. The molecule has 0 unspecified atom stereocenters. The fourth-order valence-corrected chi connectivity index (χ4v) is 4.92. The number of aromatic hydroxyl groups is 1. The molecule has 0 aliphatic carbocycles. The van der Waals surface area contributed by atoms with Gasteiger partial charge in [0.05, 0.1) is 22.6 Å². The lowest BCUT2D eigenvalue weighted by atomic mass is 9.82. The van der Waals surface area contributed by atoms with Crippen LogP contribution in [0.3, 0.4) is 0 Å². The van der Waals surface area contributed by atoms with Crippen LogP contribution in [0.1, 0.15) is 25.1 Å². The maximum Gasteiger partial charge on any atom is 0.573 e. The maximum absolute atomic E-state index is 15.3. The van der Waals surface area contributed by atoms with Gasteiger partial charge in [0.15, 0.2) is 11.5 Å². The van der Waals surface area contributed by atoms with Crippen LogP contribution in [0.2, 0.25) is 0 Å². The first-order valence-electron chi connectivity index (χ1n) is 12.4. The summed E-state index contributed by atoms with van der Waals surface area (Å²) in [6.45, 7) is 3.50. The molecule has 0 atom stereocenters. The van der Waals surface area contributed by atoms with Crippen LogP contribution in [-0.2, 0) is 11.6 Å². The second-order valence-corrected chi connectivity index (χ2v) is 10.2. The SMILES string of the molecule is CC1(C)CN(c2ccccc2NC(=O)Nc2ccc(OC(F)(F)F)cc2)c2c(O)cc(F)c(-c3cc(C(F)(F)F)no3)c21. The number of benzene rings is 3. The van der Waals surface area contributed by atoms with Crippen molar-refractivity contribution in [1.29, 1.82) is 0 Å². The number of hydrogen-bond acceptors (Lipinski definition) is 6. The number of hydrogen-bond donors (Lipinski definition) is 3. The number of aromatic nitrogens is 1. The van der Waals surface area contributed by atoms with Crippen molar-refractivity contribution < 1.29 is 49.9 Å². The highest BCUT2D eigenvalue weighted by Gasteiger charge is 2.44. The first kappa shape index (κ1) is 29.5. The number of alkyl halides is 6. The van der Waals surface area contributed by atoms with Gasteiger partial charge in [0.2, 0.25) is 0 Å². The van der Waals surface area contributed by atoms with E-state index in [9.17, 15) is 36.2 Å². The molecule has 2 heterocycles. The molecule has 1 aromatic heterocycles. The minimum Gasteiger partial charge on any atom is -0.506 e. The normalized spacial score (nSPS) is 14.4. The molecule has 0 spiro atoms. The predicted octanol–water partition coefficient (Wildman–Crippen LogP) is 8.18.